The van der Waals surface area contributed by atoms with E-state index in [4.69, 9.17) is 4.74 Å². The highest BCUT2D eigenvalue weighted by atomic mass is 32.1. The molecule has 3 heterocycles. The van der Waals surface area contributed by atoms with Gasteiger partial charge < -0.3 is 9.84 Å². The molecule has 0 aliphatic carbocycles. The van der Waals surface area contributed by atoms with Crippen LogP contribution in [0.1, 0.15) is 17.2 Å². The van der Waals surface area contributed by atoms with Crippen molar-refractivity contribution in [3.05, 3.63) is 89.8 Å². The maximum atomic E-state index is 13.2. The molecule has 2 aromatic heterocycles. The number of rotatable bonds is 4. The first-order chi connectivity index (χ1) is 15.6. The zero-order valence-corrected chi connectivity index (χ0v) is 17.7. The maximum absolute atomic E-state index is 13.2. The fourth-order valence-corrected chi connectivity index (χ4v) is 4.83. The van der Waals surface area contributed by atoms with Crippen LogP contribution in [-0.2, 0) is 9.59 Å². The number of Topliss-reactive ketones (excluding diaryl/α,β-unsaturated/α-hetero) is 1. The van der Waals surface area contributed by atoms with Gasteiger partial charge in [-0.25, -0.2) is 4.98 Å². The molecule has 1 unspecified atom stereocenters. The molecule has 5 rings (SSSR count). The van der Waals surface area contributed by atoms with E-state index in [9.17, 15) is 14.7 Å². The number of hydrogen-bond donors (Lipinski definition) is 1. The van der Waals surface area contributed by atoms with Gasteiger partial charge >= 0.3 is 5.91 Å². The van der Waals surface area contributed by atoms with Gasteiger partial charge in [-0.05, 0) is 42.0 Å². The van der Waals surface area contributed by atoms with Gasteiger partial charge in [-0.3, -0.25) is 19.5 Å². The van der Waals surface area contributed by atoms with E-state index in [1.54, 1.807) is 48.8 Å². The van der Waals surface area contributed by atoms with Gasteiger partial charge in [0.1, 0.15) is 11.5 Å². The SMILES string of the molecule is COc1ccccc1/C(O)=C1\C(=O)C(=O)N(c2nc3ccccc3s2)C1c1ccncc1. The molecule has 1 aliphatic rings. The van der Waals surface area contributed by atoms with Crippen molar-refractivity contribution in [1.82, 2.24) is 9.97 Å². The number of carbonyl (C=O) groups excluding carboxylic acids is 2. The first-order valence-electron chi connectivity index (χ1n) is 9.80. The first kappa shape index (κ1) is 19.9. The molecule has 1 fully saturated rings. The number of anilines is 1. The molecule has 32 heavy (non-hydrogen) atoms. The molecule has 158 valence electrons. The number of nitrogens with zero attached hydrogens (tertiary/aromatic N) is 3. The highest BCUT2D eigenvalue weighted by Gasteiger charge is 2.48. The second kappa shape index (κ2) is 7.90. The normalized spacial score (nSPS) is 17.8. The Balaban J connectivity index is 1.75. The number of aliphatic hydroxyl groups is 1. The number of pyridine rings is 1. The topological polar surface area (TPSA) is 92.6 Å². The number of amides is 1. The van der Waals surface area contributed by atoms with Crippen LogP contribution in [-0.4, -0.2) is 33.9 Å². The summed E-state index contributed by atoms with van der Waals surface area (Å²) in [6.07, 6.45) is 3.16. The van der Waals surface area contributed by atoms with Crippen LogP contribution in [0.4, 0.5) is 5.13 Å². The molecule has 0 spiro atoms. The number of aliphatic hydroxyl groups excluding tert-OH is 1. The monoisotopic (exact) mass is 443 g/mol. The standard InChI is InChI=1S/C24H17N3O4S/c1-31-17-8-4-2-6-15(17)21(28)19-20(14-10-12-25-13-11-14)27(23(30)22(19)29)24-26-16-7-3-5-9-18(16)32-24/h2-13,20,28H,1H3/b21-19+. The summed E-state index contributed by atoms with van der Waals surface area (Å²) in [5.41, 5.74) is 1.67. The number of aromatic nitrogens is 2. The number of ether oxygens (including phenoxy) is 1. The van der Waals surface area contributed by atoms with E-state index in [1.807, 2.05) is 24.3 Å². The van der Waals surface area contributed by atoms with E-state index in [-0.39, 0.29) is 11.3 Å². The lowest BCUT2D eigenvalue weighted by Crippen LogP contribution is -2.29. The summed E-state index contributed by atoms with van der Waals surface area (Å²) in [5, 5.41) is 11.6. The fraction of sp³-hybridized carbons (Fsp3) is 0.0833. The average molecular weight is 443 g/mol. The average Bonchev–Trinajstić information content (AvgIpc) is 3.37. The summed E-state index contributed by atoms with van der Waals surface area (Å²) >= 11 is 1.31. The molecule has 1 aliphatic heterocycles. The number of ketones is 1. The Morgan fingerprint density at radius 1 is 1.03 bits per heavy atom. The van der Waals surface area contributed by atoms with Crippen molar-refractivity contribution in [2.45, 2.75) is 6.04 Å². The fourth-order valence-electron chi connectivity index (χ4n) is 3.84. The smallest absolute Gasteiger partial charge is 0.301 e. The Bertz CT molecular complexity index is 1350. The summed E-state index contributed by atoms with van der Waals surface area (Å²) in [6.45, 7) is 0. The largest absolute Gasteiger partial charge is 0.507 e. The van der Waals surface area contributed by atoms with Crippen molar-refractivity contribution < 1.29 is 19.4 Å². The van der Waals surface area contributed by atoms with Crippen molar-refractivity contribution in [2.75, 3.05) is 12.0 Å². The number of para-hydroxylation sites is 2. The second-order valence-corrected chi connectivity index (χ2v) is 8.12. The lowest BCUT2D eigenvalue weighted by molar-refractivity contribution is -0.132. The zero-order valence-electron chi connectivity index (χ0n) is 16.9. The minimum Gasteiger partial charge on any atom is -0.507 e. The summed E-state index contributed by atoms with van der Waals surface area (Å²) in [7, 11) is 1.48. The highest BCUT2D eigenvalue weighted by Crippen LogP contribution is 2.44. The van der Waals surface area contributed by atoms with Gasteiger partial charge in [0.2, 0.25) is 0 Å². The number of carbonyl (C=O) groups is 2. The lowest BCUT2D eigenvalue weighted by atomic mass is 9.96. The molecule has 0 saturated carbocycles. The number of fused-ring (bicyclic) bond motifs is 1. The predicted octanol–water partition coefficient (Wildman–Crippen LogP) is 4.33. The Kier molecular flexibility index (Phi) is 4.91. The summed E-state index contributed by atoms with van der Waals surface area (Å²) in [4.78, 5) is 36.4. The Morgan fingerprint density at radius 2 is 1.75 bits per heavy atom. The maximum Gasteiger partial charge on any atom is 0.301 e. The third-order valence-electron chi connectivity index (χ3n) is 5.32. The Labute approximate surface area is 187 Å². The molecule has 0 bridgehead atoms. The van der Waals surface area contributed by atoms with Crippen LogP contribution in [0.5, 0.6) is 5.75 Å². The number of thiazole rings is 1. The zero-order chi connectivity index (χ0) is 22.2. The highest BCUT2D eigenvalue weighted by molar-refractivity contribution is 7.22. The number of hydrogen-bond acceptors (Lipinski definition) is 7. The molecule has 8 heteroatoms. The van der Waals surface area contributed by atoms with Crippen molar-refractivity contribution in [1.29, 1.82) is 0 Å². The molecular weight excluding hydrogens is 426 g/mol. The van der Waals surface area contributed by atoms with E-state index >= 15 is 0 Å². The van der Waals surface area contributed by atoms with Crippen LogP contribution < -0.4 is 9.64 Å². The minimum atomic E-state index is -0.858. The number of methoxy groups -OCH3 is 1. The van der Waals surface area contributed by atoms with Crippen LogP contribution >= 0.6 is 11.3 Å². The summed E-state index contributed by atoms with van der Waals surface area (Å²) < 4.78 is 6.25. The Hall–Kier alpha value is -4.04. The van der Waals surface area contributed by atoms with Crippen molar-refractivity contribution in [2.24, 2.45) is 0 Å². The molecular formula is C24H17N3O4S. The molecule has 1 atom stereocenters. The van der Waals surface area contributed by atoms with E-state index in [1.165, 1.54) is 23.3 Å². The van der Waals surface area contributed by atoms with Crippen LogP contribution in [0.15, 0.2) is 78.6 Å². The third-order valence-corrected chi connectivity index (χ3v) is 6.35. The molecule has 4 aromatic rings. The van der Waals surface area contributed by atoms with Gasteiger partial charge in [0.15, 0.2) is 5.13 Å². The third kappa shape index (κ3) is 3.12. The second-order valence-electron chi connectivity index (χ2n) is 7.11. The first-order valence-corrected chi connectivity index (χ1v) is 10.6. The lowest BCUT2D eigenvalue weighted by Gasteiger charge is -2.23. The van der Waals surface area contributed by atoms with Crippen LogP contribution in [0, 0.1) is 0 Å². The van der Waals surface area contributed by atoms with Crippen LogP contribution in [0.3, 0.4) is 0 Å². The molecule has 2 aromatic carbocycles. The molecule has 1 amide bonds. The Morgan fingerprint density at radius 3 is 2.50 bits per heavy atom. The quantitative estimate of drug-likeness (QED) is 0.287. The minimum absolute atomic E-state index is 0.0232. The van der Waals surface area contributed by atoms with Crippen LogP contribution in [0.2, 0.25) is 0 Å². The molecule has 1 saturated heterocycles. The van der Waals surface area contributed by atoms with Gasteiger partial charge in [-0.15, -0.1) is 0 Å². The molecule has 7 nitrogen and oxygen atoms in total. The van der Waals surface area contributed by atoms with Gasteiger partial charge in [-0.2, -0.15) is 0 Å². The van der Waals surface area contributed by atoms with Crippen LogP contribution in [0.25, 0.3) is 16.0 Å². The summed E-state index contributed by atoms with van der Waals surface area (Å²) in [6, 6.07) is 16.9. The van der Waals surface area contributed by atoms with E-state index < -0.39 is 17.7 Å². The van der Waals surface area contributed by atoms with Crippen molar-refractivity contribution in [3.8, 4) is 5.75 Å². The molecule has 0 radical (unpaired) electrons. The summed E-state index contributed by atoms with van der Waals surface area (Å²) in [5.74, 6) is -1.44. The van der Waals surface area contributed by atoms with Gasteiger partial charge in [0, 0.05) is 12.4 Å². The molecule has 1 N–H and O–H groups in total. The van der Waals surface area contributed by atoms with Gasteiger partial charge in [-0.1, -0.05) is 35.6 Å². The predicted molar refractivity (Wildman–Crippen MR) is 122 cm³/mol. The number of benzene rings is 2. The van der Waals surface area contributed by atoms with E-state index in [0.29, 0.717) is 22.0 Å². The van der Waals surface area contributed by atoms with Crippen molar-refractivity contribution >= 4 is 44.1 Å². The van der Waals surface area contributed by atoms with Gasteiger partial charge in [0.05, 0.1) is 34.5 Å². The van der Waals surface area contributed by atoms with Crippen molar-refractivity contribution in [3.63, 3.8) is 0 Å². The van der Waals surface area contributed by atoms with Gasteiger partial charge in [0.25, 0.3) is 5.78 Å². The van der Waals surface area contributed by atoms with E-state index in [0.717, 1.165) is 10.2 Å². The van der Waals surface area contributed by atoms with E-state index in [2.05, 4.69) is 9.97 Å².